The first-order chi connectivity index (χ1) is 7.33. The Hall–Kier alpha value is -0.610. The van der Waals surface area contributed by atoms with Crippen LogP contribution < -0.4 is 5.32 Å². The average molecular weight is 227 g/mol. The number of carbonyl (C=O) groups excluding carboxylic acids is 1. The molecule has 94 valence electrons. The van der Waals surface area contributed by atoms with Gasteiger partial charge in [-0.25, -0.2) is 0 Å². The molecule has 0 aromatic carbocycles. The minimum Gasteiger partial charge on any atom is -0.340 e. The van der Waals surface area contributed by atoms with Gasteiger partial charge in [-0.05, 0) is 33.9 Å². The van der Waals surface area contributed by atoms with Crippen molar-refractivity contribution in [3.63, 3.8) is 0 Å². The van der Waals surface area contributed by atoms with Gasteiger partial charge in [0.15, 0.2) is 0 Å². The molecule has 1 unspecified atom stereocenters. The van der Waals surface area contributed by atoms with Crippen molar-refractivity contribution < 1.29 is 4.79 Å². The maximum Gasteiger partial charge on any atom is 0.242 e. The van der Waals surface area contributed by atoms with E-state index in [1.165, 1.54) is 0 Å². The molecule has 1 atom stereocenters. The van der Waals surface area contributed by atoms with E-state index in [0.29, 0.717) is 5.92 Å². The second-order valence-corrected chi connectivity index (χ2v) is 5.67. The van der Waals surface area contributed by atoms with Crippen molar-refractivity contribution in [1.29, 1.82) is 0 Å². The van der Waals surface area contributed by atoms with E-state index in [0.717, 1.165) is 26.2 Å². The third-order valence-electron chi connectivity index (χ3n) is 3.06. The zero-order chi connectivity index (χ0) is 12.3. The fourth-order valence-electron chi connectivity index (χ4n) is 1.94. The average Bonchev–Trinajstić information content (AvgIpc) is 2.27. The van der Waals surface area contributed by atoms with Crippen molar-refractivity contribution in [2.75, 3.05) is 40.3 Å². The first kappa shape index (κ1) is 13.5. The maximum atomic E-state index is 12.3. The molecule has 0 radical (unpaired) electrons. The van der Waals surface area contributed by atoms with Gasteiger partial charge < -0.3 is 15.1 Å². The summed E-state index contributed by atoms with van der Waals surface area (Å²) in [5.74, 6) is 0.742. The van der Waals surface area contributed by atoms with Crippen LogP contribution >= 0.6 is 0 Å². The van der Waals surface area contributed by atoms with Crippen LogP contribution in [0, 0.1) is 5.92 Å². The highest BCUT2D eigenvalue weighted by Crippen LogP contribution is 2.15. The third kappa shape index (κ3) is 3.46. The number of amides is 1. The van der Waals surface area contributed by atoms with Gasteiger partial charge >= 0.3 is 0 Å². The number of rotatable bonds is 3. The van der Waals surface area contributed by atoms with Gasteiger partial charge in [0.05, 0.1) is 5.54 Å². The first-order valence-electron chi connectivity index (χ1n) is 6.02. The van der Waals surface area contributed by atoms with E-state index in [1.54, 1.807) is 0 Å². The minimum atomic E-state index is -0.420. The van der Waals surface area contributed by atoms with E-state index in [2.05, 4.69) is 17.1 Å². The van der Waals surface area contributed by atoms with Crippen molar-refractivity contribution in [3.05, 3.63) is 0 Å². The lowest BCUT2D eigenvalue weighted by Gasteiger charge is -2.30. The van der Waals surface area contributed by atoms with Crippen LogP contribution in [-0.4, -0.2) is 61.5 Å². The fraction of sp³-hybridized carbons (Fsp3) is 0.917. The van der Waals surface area contributed by atoms with Crippen molar-refractivity contribution in [2.24, 2.45) is 5.92 Å². The Bertz CT molecular complexity index is 251. The molecule has 0 bridgehead atoms. The van der Waals surface area contributed by atoms with Crippen LogP contribution in [0.15, 0.2) is 0 Å². The fourth-order valence-corrected chi connectivity index (χ4v) is 1.94. The maximum absolute atomic E-state index is 12.3. The highest BCUT2D eigenvalue weighted by Gasteiger charge is 2.35. The molecular weight excluding hydrogens is 202 g/mol. The highest BCUT2D eigenvalue weighted by molar-refractivity contribution is 5.85. The van der Waals surface area contributed by atoms with E-state index in [9.17, 15) is 4.79 Å². The van der Waals surface area contributed by atoms with E-state index in [1.807, 2.05) is 32.8 Å². The molecule has 0 aliphatic carbocycles. The highest BCUT2D eigenvalue weighted by atomic mass is 16.2. The number of likely N-dealkylation sites (N-methyl/N-ethyl adjacent to an activating group) is 1. The van der Waals surface area contributed by atoms with Gasteiger partial charge in [-0.2, -0.15) is 0 Å². The quantitative estimate of drug-likeness (QED) is 0.758. The molecule has 1 amide bonds. The van der Waals surface area contributed by atoms with E-state index >= 15 is 0 Å². The molecular formula is C12H25N3O. The lowest BCUT2D eigenvalue weighted by Crippen LogP contribution is -2.52. The standard InChI is InChI=1S/C12H25N3O/c1-10-8-13-12(2,3)11(16)15(9-10)7-6-14(4)5/h10,13H,6-9H2,1-5H3. The van der Waals surface area contributed by atoms with Gasteiger partial charge in [-0.15, -0.1) is 0 Å². The van der Waals surface area contributed by atoms with Crippen LogP contribution in [0.3, 0.4) is 0 Å². The normalized spacial score (nSPS) is 26.0. The number of nitrogens with one attached hydrogen (secondary N) is 1. The SMILES string of the molecule is CC1CNC(C)(C)C(=O)N(CCN(C)C)C1. The number of carbonyl (C=O) groups is 1. The molecule has 1 saturated heterocycles. The molecule has 0 aromatic rings. The van der Waals surface area contributed by atoms with Gasteiger partial charge in [0.2, 0.25) is 5.91 Å². The lowest BCUT2D eigenvalue weighted by atomic mass is 10.0. The van der Waals surface area contributed by atoms with Crippen LogP contribution in [0.1, 0.15) is 20.8 Å². The third-order valence-corrected chi connectivity index (χ3v) is 3.06. The second kappa shape index (κ2) is 5.15. The summed E-state index contributed by atoms with van der Waals surface area (Å²) < 4.78 is 0. The van der Waals surface area contributed by atoms with Crippen molar-refractivity contribution in [3.8, 4) is 0 Å². The summed E-state index contributed by atoms with van der Waals surface area (Å²) in [4.78, 5) is 16.4. The lowest BCUT2D eigenvalue weighted by molar-refractivity contribution is -0.136. The minimum absolute atomic E-state index is 0.221. The van der Waals surface area contributed by atoms with Gasteiger partial charge in [0, 0.05) is 26.2 Å². The molecule has 4 nitrogen and oxygen atoms in total. The molecule has 1 heterocycles. The predicted octanol–water partition coefficient (Wildman–Crippen LogP) is 0.395. The number of nitrogens with zero attached hydrogens (tertiary/aromatic N) is 2. The summed E-state index contributed by atoms with van der Waals surface area (Å²) in [6, 6.07) is 0. The summed E-state index contributed by atoms with van der Waals surface area (Å²) in [6.07, 6.45) is 0. The summed E-state index contributed by atoms with van der Waals surface area (Å²) in [5, 5.41) is 3.33. The molecule has 1 rings (SSSR count). The Labute approximate surface area is 99.0 Å². The topological polar surface area (TPSA) is 35.6 Å². The Morgan fingerprint density at radius 1 is 1.50 bits per heavy atom. The molecule has 1 aliphatic heterocycles. The Kier molecular flexibility index (Phi) is 4.33. The van der Waals surface area contributed by atoms with Crippen LogP contribution in [0.5, 0.6) is 0 Å². The molecule has 1 N–H and O–H groups in total. The van der Waals surface area contributed by atoms with E-state index < -0.39 is 5.54 Å². The summed E-state index contributed by atoms with van der Waals surface area (Å²) in [7, 11) is 4.07. The Balaban J connectivity index is 2.67. The Morgan fingerprint density at radius 3 is 2.69 bits per heavy atom. The second-order valence-electron chi connectivity index (χ2n) is 5.67. The van der Waals surface area contributed by atoms with Crippen LogP contribution in [0.4, 0.5) is 0 Å². The van der Waals surface area contributed by atoms with Crippen molar-refractivity contribution in [2.45, 2.75) is 26.3 Å². The van der Waals surface area contributed by atoms with E-state index in [-0.39, 0.29) is 5.91 Å². The molecule has 0 aromatic heterocycles. The molecule has 16 heavy (non-hydrogen) atoms. The first-order valence-corrected chi connectivity index (χ1v) is 6.02. The van der Waals surface area contributed by atoms with Crippen LogP contribution in [-0.2, 0) is 4.79 Å². The van der Waals surface area contributed by atoms with Gasteiger partial charge in [-0.1, -0.05) is 6.92 Å². The van der Waals surface area contributed by atoms with Crippen LogP contribution in [0.25, 0.3) is 0 Å². The molecule has 1 fully saturated rings. The predicted molar refractivity (Wildman–Crippen MR) is 66.4 cm³/mol. The molecule has 0 saturated carbocycles. The smallest absolute Gasteiger partial charge is 0.242 e. The summed E-state index contributed by atoms with van der Waals surface area (Å²) >= 11 is 0. The van der Waals surface area contributed by atoms with Gasteiger partial charge in [0.25, 0.3) is 0 Å². The number of hydrogen-bond acceptors (Lipinski definition) is 3. The van der Waals surface area contributed by atoms with E-state index in [4.69, 9.17) is 0 Å². The molecule has 0 spiro atoms. The monoisotopic (exact) mass is 227 g/mol. The zero-order valence-corrected chi connectivity index (χ0v) is 11.2. The molecule has 4 heteroatoms. The van der Waals surface area contributed by atoms with Crippen molar-refractivity contribution >= 4 is 5.91 Å². The number of hydrogen-bond donors (Lipinski definition) is 1. The largest absolute Gasteiger partial charge is 0.340 e. The Morgan fingerprint density at radius 2 is 2.12 bits per heavy atom. The van der Waals surface area contributed by atoms with Gasteiger partial charge in [0.1, 0.15) is 0 Å². The molecule has 1 aliphatic rings. The summed E-state index contributed by atoms with van der Waals surface area (Å²) in [5.41, 5.74) is -0.420. The van der Waals surface area contributed by atoms with Gasteiger partial charge in [-0.3, -0.25) is 4.79 Å². The zero-order valence-electron chi connectivity index (χ0n) is 11.2. The van der Waals surface area contributed by atoms with Crippen molar-refractivity contribution in [1.82, 2.24) is 15.1 Å². The summed E-state index contributed by atoms with van der Waals surface area (Å²) in [6.45, 7) is 9.65. The van der Waals surface area contributed by atoms with Crippen LogP contribution in [0.2, 0.25) is 0 Å².